The minimum Gasteiger partial charge on any atom is -0.368 e. The molecule has 1 aromatic rings. The summed E-state index contributed by atoms with van der Waals surface area (Å²) in [4.78, 5) is 0. The zero-order chi connectivity index (χ0) is 10.1. The number of benzene rings is 1. The first-order chi connectivity index (χ1) is 6.66. The maximum Gasteiger partial charge on any atom is 0.155 e. The lowest BCUT2D eigenvalue weighted by molar-refractivity contribution is -0.0931. The number of aliphatic hydroxyl groups excluding tert-OH is 1. The minimum atomic E-state index is -0.587. The molecule has 0 aliphatic carbocycles. The molecule has 1 aliphatic rings. The molecule has 2 nitrogen and oxygen atoms in total. The fourth-order valence-electron chi connectivity index (χ4n) is 1.96. The highest BCUT2D eigenvalue weighted by Gasteiger charge is 2.31. The van der Waals surface area contributed by atoms with Crippen LogP contribution in [0.1, 0.15) is 30.6 Å². The van der Waals surface area contributed by atoms with Gasteiger partial charge < -0.3 is 9.84 Å². The van der Waals surface area contributed by atoms with E-state index >= 15 is 0 Å². The van der Waals surface area contributed by atoms with Gasteiger partial charge in [-0.2, -0.15) is 0 Å². The number of rotatable bonds is 1. The van der Waals surface area contributed by atoms with Crippen LogP contribution in [0.3, 0.4) is 0 Å². The van der Waals surface area contributed by atoms with Crippen molar-refractivity contribution in [2.75, 3.05) is 0 Å². The Morgan fingerprint density at radius 2 is 1.93 bits per heavy atom. The molecule has 2 rings (SSSR count). The summed E-state index contributed by atoms with van der Waals surface area (Å²) in [6, 6.07) is 8.31. The first kappa shape index (κ1) is 9.69. The largest absolute Gasteiger partial charge is 0.368 e. The highest BCUT2D eigenvalue weighted by Crippen LogP contribution is 2.36. The van der Waals surface area contributed by atoms with Gasteiger partial charge in [-0.3, -0.25) is 0 Å². The Bertz CT molecular complexity index is 305. The molecular formula is C12H16O2. The molecule has 3 atom stereocenters. The van der Waals surface area contributed by atoms with Gasteiger partial charge in [0.1, 0.15) is 0 Å². The van der Waals surface area contributed by atoms with E-state index in [1.54, 1.807) is 0 Å². The summed E-state index contributed by atoms with van der Waals surface area (Å²) >= 11 is 0. The Morgan fingerprint density at radius 1 is 1.29 bits per heavy atom. The summed E-state index contributed by atoms with van der Waals surface area (Å²) in [5.41, 5.74) is 2.42. The highest BCUT2D eigenvalue weighted by molar-refractivity contribution is 5.24. The van der Waals surface area contributed by atoms with E-state index < -0.39 is 6.29 Å². The van der Waals surface area contributed by atoms with Crippen molar-refractivity contribution >= 4 is 0 Å². The lowest BCUT2D eigenvalue weighted by Crippen LogP contribution is -2.05. The molecule has 1 aromatic carbocycles. The molecule has 0 bridgehead atoms. The van der Waals surface area contributed by atoms with Gasteiger partial charge in [-0.25, -0.2) is 0 Å². The lowest BCUT2D eigenvalue weighted by atomic mass is 9.96. The van der Waals surface area contributed by atoms with E-state index in [1.807, 2.05) is 0 Å². The molecule has 0 spiro atoms. The van der Waals surface area contributed by atoms with Crippen LogP contribution in [0.4, 0.5) is 0 Å². The number of aliphatic hydroxyl groups is 1. The van der Waals surface area contributed by atoms with Crippen LogP contribution in [0.2, 0.25) is 0 Å². The summed E-state index contributed by atoms with van der Waals surface area (Å²) in [5.74, 6) is 0.396. The van der Waals surface area contributed by atoms with Gasteiger partial charge in [0.2, 0.25) is 0 Å². The Morgan fingerprint density at radius 3 is 2.43 bits per heavy atom. The zero-order valence-corrected chi connectivity index (χ0v) is 8.60. The van der Waals surface area contributed by atoms with Gasteiger partial charge in [-0.15, -0.1) is 0 Å². The van der Waals surface area contributed by atoms with Crippen molar-refractivity contribution in [2.24, 2.45) is 5.92 Å². The molecule has 0 amide bonds. The van der Waals surface area contributed by atoms with E-state index in [-0.39, 0.29) is 6.10 Å². The molecule has 1 saturated heterocycles. The van der Waals surface area contributed by atoms with Gasteiger partial charge in [0.05, 0.1) is 6.10 Å². The molecule has 1 N–H and O–H groups in total. The Hall–Kier alpha value is -0.860. The van der Waals surface area contributed by atoms with Crippen molar-refractivity contribution in [3.8, 4) is 0 Å². The maximum absolute atomic E-state index is 9.36. The van der Waals surface area contributed by atoms with Crippen LogP contribution in [-0.4, -0.2) is 11.4 Å². The number of ether oxygens (including phenoxy) is 1. The van der Waals surface area contributed by atoms with Crippen LogP contribution in [0.5, 0.6) is 0 Å². The molecule has 76 valence electrons. The van der Waals surface area contributed by atoms with Crippen LogP contribution in [0, 0.1) is 12.8 Å². The second kappa shape index (κ2) is 3.71. The Labute approximate surface area is 84.5 Å². The number of hydrogen-bond acceptors (Lipinski definition) is 2. The second-order valence-electron chi connectivity index (χ2n) is 4.14. The average molecular weight is 192 g/mol. The Kier molecular flexibility index (Phi) is 2.57. The number of hydrogen-bond donors (Lipinski definition) is 1. The van der Waals surface area contributed by atoms with Gasteiger partial charge in [0.15, 0.2) is 6.29 Å². The van der Waals surface area contributed by atoms with Gasteiger partial charge >= 0.3 is 0 Å². The van der Waals surface area contributed by atoms with Crippen molar-refractivity contribution in [3.05, 3.63) is 35.4 Å². The molecule has 0 saturated carbocycles. The summed E-state index contributed by atoms with van der Waals surface area (Å²) in [6.45, 7) is 4.18. The van der Waals surface area contributed by atoms with Crippen LogP contribution in [0.25, 0.3) is 0 Å². The van der Waals surface area contributed by atoms with E-state index in [0.717, 1.165) is 6.42 Å². The zero-order valence-electron chi connectivity index (χ0n) is 8.60. The lowest BCUT2D eigenvalue weighted by Gasteiger charge is -2.14. The molecule has 1 fully saturated rings. The molecule has 0 radical (unpaired) electrons. The van der Waals surface area contributed by atoms with Crippen LogP contribution in [0.15, 0.2) is 24.3 Å². The third-order valence-corrected chi connectivity index (χ3v) is 2.80. The minimum absolute atomic E-state index is 0.0607. The SMILES string of the molecule is Cc1ccc([C@@H]2O[C@H](O)C[C@H]2C)cc1. The van der Waals surface area contributed by atoms with Gasteiger partial charge in [-0.05, 0) is 18.4 Å². The molecule has 0 aromatic heterocycles. The molecule has 1 aliphatic heterocycles. The van der Waals surface area contributed by atoms with E-state index in [4.69, 9.17) is 4.74 Å². The Balaban J connectivity index is 2.19. The monoisotopic (exact) mass is 192 g/mol. The smallest absolute Gasteiger partial charge is 0.155 e. The first-order valence-electron chi connectivity index (χ1n) is 5.07. The quantitative estimate of drug-likeness (QED) is 0.740. The van der Waals surface area contributed by atoms with Gasteiger partial charge in [0, 0.05) is 6.42 Å². The predicted octanol–water partition coefficient (Wildman–Crippen LogP) is 2.41. The molecule has 2 heteroatoms. The summed E-state index contributed by atoms with van der Waals surface area (Å²) in [6.07, 6.45) is 0.209. The summed E-state index contributed by atoms with van der Waals surface area (Å²) in [7, 11) is 0. The average Bonchev–Trinajstić information content (AvgIpc) is 2.47. The summed E-state index contributed by atoms with van der Waals surface area (Å²) < 4.78 is 5.46. The third-order valence-electron chi connectivity index (χ3n) is 2.80. The molecular weight excluding hydrogens is 176 g/mol. The topological polar surface area (TPSA) is 29.5 Å². The maximum atomic E-state index is 9.36. The summed E-state index contributed by atoms with van der Waals surface area (Å²) in [5, 5.41) is 9.36. The highest BCUT2D eigenvalue weighted by atomic mass is 16.6. The molecule has 1 heterocycles. The second-order valence-corrected chi connectivity index (χ2v) is 4.14. The first-order valence-corrected chi connectivity index (χ1v) is 5.07. The van der Waals surface area contributed by atoms with Crippen molar-refractivity contribution in [2.45, 2.75) is 32.7 Å². The van der Waals surface area contributed by atoms with Crippen molar-refractivity contribution < 1.29 is 9.84 Å². The van der Waals surface area contributed by atoms with Crippen LogP contribution >= 0.6 is 0 Å². The predicted molar refractivity (Wildman–Crippen MR) is 54.8 cm³/mol. The van der Waals surface area contributed by atoms with Crippen LogP contribution < -0.4 is 0 Å². The fourth-order valence-corrected chi connectivity index (χ4v) is 1.96. The van der Waals surface area contributed by atoms with E-state index in [0.29, 0.717) is 5.92 Å². The standard InChI is InChI=1S/C12H16O2/c1-8-3-5-10(6-4-8)12-9(2)7-11(13)14-12/h3-6,9,11-13H,7H2,1-2H3/t9-,11+,12-/m1/s1. The third kappa shape index (κ3) is 1.81. The van der Waals surface area contributed by atoms with E-state index in [1.165, 1.54) is 11.1 Å². The van der Waals surface area contributed by atoms with Gasteiger partial charge in [0.25, 0.3) is 0 Å². The molecule has 14 heavy (non-hydrogen) atoms. The number of aryl methyl sites for hydroxylation is 1. The normalized spacial score (nSPS) is 32.1. The van der Waals surface area contributed by atoms with Crippen LogP contribution in [-0.2, 0) is 4.74 Å². The van der Waals surface area contributed by atoms with E-state index in [9.17, 15) is 5.11 Å². The van der Waals surface area contributed by atoms with Gasteiger partial charge in [-0.1, -0.05) is 36.8 Å². The van der Waals surface area contributed by atoms with Crippen molar-refractivity contribution in [1.82, 2.24) is 0 Å². The molecule has 0 unspecified atom stereocenters. The van der Waals surface area contributed by atoms with Crippen molar-refractivity contribution in [3.63, 3.8) is 0 Å². The van der Waals surface area contributed by atoms with E-state index in [2.05, 4.69) is 38.1 Å². The van der Waals surface area contributed by atoms with Crippen molar-refractivity contribution in [1.29, 1.82) is 0 Å². The fraction of sp³-hybridized carbons (Fsp3) is 0.500.